The number of benzene rings is 5. The van der Waals surface area contributed by atoms with Gasteiger partial charge in [-0.05, 0) is 91.5 Å². The lowest BCUT2D eigenvalue weighted by Crippen LogP contribution is -2.69. The number of hydrogen-bond donors (Lipinski definition) is 1. The van der Waals surface area contributed by atoms with Crippen LogP contribution in [0.4, 0.5) is 0 Å². The normalized spacial score (nSPS) is 20.8. The molecule has 7 nitrogen and oxygen atoms in total. The second kappa shape index (κ2) is 21.0. The minimum Gasteiger partial charge on any atom is -0.388 e. The Morgan fingerprint density at radius 2 is 1.24 bits per heavy atom. The fraction of sp³-hybridized carbons (Fsp3) is 0.373. The van der Waals surface area contributed by atoms with Crippen LogP contribution in [-0.4, -0.2) is 55.4 Å². The molecule has 2 unspecified atom stereocenters. The summed E-state index contributed by atoms with van der Waals surface area (Å²) in [6.45, 7) is 11.5. The van der Waals surface area contributed by atoms with E-state index in [4.69, 9.17) is 28.4 Å². The number of rotatable bonds is 21. The standard InChI is InChI=1S/C51H60O7/c1-6-31-54-32-17-16-18-39-26-28-40(29-27-39)33-44-34-45(30-25-38(44)2)51(53-5)49(57-37-43-23-14-9-15-24-43)47(56-36-42-21-12-8-13-22-42)46(48(58-51)50(3,4)52)55-35-41-19-10-7-11-20-41/h6-15,19-30,34,46-49,52H,1,16-18,31-33,35-37H2,2-5H3/t46-,47?,48?,49+,51-/m0/s1. The second-order valence-electron chi connectivity index (χ2n) is 15.8. The van der Waals surface area contributed by atoms with Crippen LogP contribution < -0.4 is 0 Å². The maximum Gasteiger partial charge on any atom is 0.225 e. The van der Waals surface area contributed by atoms with E-state index in [0.717, 1.165) is 65.7 Å². The van der Waals surface area contributed by atoms with Crippen molar-refractivity contribution >= 4 is 0 Å². The van der Waals surface area contributed by atoms with Crippen molar-refractivity contribution in [3.8, 4) is 0 Å². The van der Waals surface area contributed by atoms with Gasteiger partial charge in [0.2, 0.25) is 5.79 Å². The highest BCUT2D eigenvalue weighted by molar-refractivity contribution is 5.39. The third-order valence-corrected chi connectivity index (χ3v) is 10.8. The summed E-state index contributed by atoms with van der Waals surface area (Å²) >= 11 is 0. The summed E-state index contributed by atoms with van der Waals surface area (Å²) in [5.74, 6) is -1.49. The van der Waals surface area contributed by atoms with Crippen molar-refractivity contribution in [3.63, 3.8) is 0 Å². The Bertz CT molecular complexity index is 1960. The summed E-state index contributed by atoms with van der Waals surface area (Å²) in [6.07, 6.45) is 2.44. The third-order valence-electron chi connectivity index (χ3n) is 10.8. The van der Waals surface area contributed by atoms with E-state index in [1.165, 1.54) is 11.1 Å². The molecule has 58 heavy (non-hydrogen) atoms. The first-order valence-electron chi connectivity index (χ1n) is 20.5. The molecule has 6 rings (SSSR count). The van der Waals surface area contributed by atoms with E-state index in [0.29, 0.717) is 13.2 Å². The molecule has 306 valence electrons. The summed E-state index contributed by atoms with van der Waals surface area (Å²) < 4.78 is 40.1. The Morgan fingerprint density at radius 3 is 1.79 bits per heavy atom. The van der Waals surface area contributed by atoms with Gasteiger partial charge in [-0.1, -0.05) is 133 Å². The molecule has 5 aromatic rings. The van der Waals surface area contributed by atoms with Crippen molar-refractivity contribution in [2.24, 2.45) is 0 Å². The smallest absolute Gasteiger partial charge is 0.225 e. The molecule has 1 N–H and O–H groups in total. The molecule has 0 radical (unpaired) electrons. The highest BCUT2D eigenvalue weighted by atomic mass is 16.7. The van der Waals surface area contributed by atoms with Gasteiger partial charge in [0.25, 0.3) is 0 Å². The van der Waals surface area contributed by atoms with Crippen LogP contribution in [0.1, 0.15) is 71.2 Å². The lowest BCUT2D eigenvalue weighted by atomic mass is 9.81. The molecule has 1 fully saturated rings. The molecular weight excluding hydrogens is 725 g/mol. The predicted molar refractivity (Wildman–Crippen MR) is 229 cm³/mol. The van der Waals surface area contributed by atoms with Crippen LogP contribution in [-0.2, 0) is 66.9 Å². The van der Waals surface area contributed by atoms with Gasteiger partial charge in [0, 0.05) is 19.3 Å². The number of hydrogen-bond acceptors (Lipinski definition) is 7. The Balaban J connectivity index is 1.36. The molecule has 0 aliphatic carbocycles. The van der Waals surface area contributed by atoms with Crippen molar-refractivity contribution in [1.82, 2.24) is 0 Å². The second-order valence-corrected chi connectivity index (χ2v) is 15.8. The SMILES string of the molecule is C=CCOCCCCc1ccc(Cc2cc([C@]3(OC)OC(C(C)(C)O)[C@@H](OCc4ccccc4)C(OCc4ccccc4)[C@H]3OCc3ccccc3)ccc2C)cc1. The molecule has 5 atom stereocenters. The lowest BCUT2D eigenvalue weighted by molar-refractivity contribution is -0.397. The van der Waals surface area contributed by atoms with Crippen LogP contribution >= 0.6 is 0 Å². The van der Waals surface area contributed by atoms with Crippen molar-refractivity contribution in [2.45, 2.75) is 102 Å². The minimum atomic E-state index is -1.49. The highest BCUT2D eigenvalue weighted by Crippen LogP contribution is 2.46. The highest BCUT2D eigenvalue weighted by Gasteiger charge is 2.61. The quantitative estimate of drug-likeness (QED) is 0.0587. The van der Waals surface area contributed by atoms with Crippen molar-refractivity contribution in [3.05, 3.63) is 191 Å². The zero-order chi connectivity index (χ0) is 40.8. The maximum absolute atomic E-state index is 11.9. The predicted octanol–water partition coefficient (Wildman–Crippen LogP) is 9.84. The fourth-order valence-electron chi connectivity index (χ4n) is 7.63. The molecule has 0 aromatic heterocycles. The van der Waals surface area contributed by atoms with E-state index in [1.807, 2.05) is 97.1 Å². The summed E-state index contributed by atoms with van der Waals surface area (Å²) in [7, 11) is 1.64. The first-order chi connectivity index (χ1) is 28.2. The van der Waals surface area contributed by atoms with E-state index in [9.17, 15) is 5.11 Å². The van der Waals surface area contributed by atoms with Crippen LogP contribution in [0.25, 0.3) is 0 Å². The number of methoxy groups -OCH3 is 1. The summed E-state index contributed by atoms with van der Waals surface area (Å²) in [4.78, 5) is 0. The zero-order valence-electron chi connectivity index (χ0n) is 34.6. The number of aliphatic hydroxyl groups is 1. The minimum absolute atomic E-state index is 0.274. The van der Waals surface area contributed by atoms with E-state index in [2.05, 4.69) is 49.9 Å². The van der Waals surface area contributed by atoms with E-state index in [-0.39, 0.29) is 13.2 Å². The van der Waals surface area contributed by atoms with Gasteiger partial charge in [0.05, 0.1) is 32.0 Å². The molecule has 0 bridgehead atoms. The van der Waals surface area contributed by atoms with Gasteiger partial charge in [-0.15, -0.1) is 6.58 Å². The average molecular weight is 785 g/mol. The van der Waals surface area contributed by atoms with Gasteiger partial charge in [-0.2, -0.15) is 0 Å². The van der Waals surface area contributed by atoms with Crippen molar-refractivity contribution in [2.75, 3.05) is 20.3 Å². The Morgan fingerprint density at radius 1 is 0.690 bits per heavy atom. The van der Waals surface area contributed by atoms with E-state index >= 15 is 0 Å². The number of unbranched alkanes of at least 4 members (excludes halogenated alkanes) is 1. The van der Waals surface area contributed by atoms with Gasteiger partial charge in [0.1, 0.15) is 24.4 Å². The van der Waals surface area contributed by atoms with Crippen LogP contribution in [0.2, 0.25) is 0 Å². The van der Waals surface area contributed by atoms with Crippen LogP contribution in [0.15, 0.2) is 146 Å². The Labute approximate surface area is 345 Å². The van der Waals surface area contributed by atoms with E-state index < -0.39 is 35.8 Å². The monoisotopic (exact) mass is 784 g/mol. The van der Waals surface area contributed by atoms with Gasteiger partial charge in [0.15, 0.2) is 0 Å². The van der Waals surface area contributed by atoms with Crippen LogP contribution in [0, 0.1) is 6.92 Å². The van der Waals surface area contributed by atoms with Crippen LogP contribution in [0.3, 0.4) is 0 Å². The van der Waals surface area contributed by atoms with Crippen LogP contribution in [0.5, 0.6) is 0 Å². The molecule has 1 aliphatic heterocycles. The molecule has 0 saturated carbocycles. The topological polar surface area (TPSA) is 75.6 Å². The first-order valence-corrected chi connectivity index (χ1v) is 20.5. The largest absolute Gasteiger partial charge is 0.388 e. The summed E-state index contributed by atoms with van der Waals surface area (Å²) in [6, 6.07) is 45.3. The molecule has 1 heterocycles. The number of aryl methyl sites for hydroxylation is 2. The van der Waals surface area contributed by atoms with Crippen molar-refractivity contribution < 1.29 is 33.5 Å². The van der Waals surface area contributed by atoms with E-state index in [1.54, 1.807) is 27.0 Å². The molecule has 5 aromatic carbocycles. The maximum atomic E-state index is 11.9. The van der Waals surface area contributed by atoms with Gasteiger partial charge in [-0.3, -0.25) is 0 Å². The summed E-state index contributed by atoms with van der Waals surface area (Å²) in [5, 5.41) is 11.9. The molecule has 1 saturated heterocycles. The Kier molecular flexibility index (Phi) is 15.6. The Hall–Kier alpha value is -4.44. The lowest BCUT2D eigenvalue weighted by Gasteiger charge is -2.54. The molecule has 0 amide bonds. The number of ether oxygens (including phenoxy) is 6. The third kappa shape index (κ3) is 11.4. The zero-order valence-corrected chi connectivity index (χ0v) is 34.6. The average Bonchev–Trinajstić information content (AvgIpc) is 3.24. The van der Waals surface area contributed by atoms with Gasteiger partial charge < -0.3 is 33.5 Å². The van der Waals surface area contributed by atoms with Gasteiger partial charge in [-0.25, -0.2) is 0 Å². The van der Waals surface area contributed by atoms with Gasteiger partial charge >= 0.3 is 0 Å². The first kappa shape index (κ1) is 43.1. The molecule has 1 aliphatic rings. The fourth-order valence-corrected chi connectivity index (χ4v) is 7.63. The van der Waals surface area contributed by atoms with Crippen molar-refractivity contribution in [1.29, 1.82) is 0 Å². The molecular formula is C51H60O7. The molecule has 7 heteroatoms. The summed E-state index contributed by atoms with van der Waals surface area (Å²) in [5.41, 5.74) is 7.20. The molecule has 0 spiro atoms.